The minimum Gasteiger partial charge on any atom is -0.324 e. The van der Waals surface area contributed by atoms with Crippen molar-refractivity contribution in [3.63, 3.8) is 0 Å². The van der Waals surface area contributed by atoms with Crippen molar-refractivity contribution in [2.24, 2.45) is 4.99 Å². The number of benzene rings is 1. The molecule has 0 bridgehead atoms. The number of aromatic nitrogens is 1. The Morgan fingerprint density at radius 1 is 0.765 bits per heavy atom. The molecule has 0 N–H and O–H groups in total. The van der Waals surface area contributed by atoms with Gasteiger partial charge in [-0.2, -0.15) is 0 Å². The van der Waals surface area contributed by atoms with Gasteiger partial charge in [-0.15, -0.1) is 0 Å². The van der Waals surface area contributed by atoms with Crippen LogP contribution in [-0.4, -0.2) is 4.40 Å². The van der Waals surface area contributed by atoms with Crippen LogP contribution in [0.5, 0.6) is 0 Å². The third-order valence-electron chi connectivity index (χ3n) is 2.64. The van der Waals surface area contributed by atoms with Crippen molar-refractivity contribution in [3.05, 3.63) is 78.4 Å². The molecule has 0 atom stereocenters. The topological polar surface area (TPSA) is 16.8 Å². The largest absolute Gasteiger partial charge is 0.324 e. The molecule has 0 amide bonds. The lowest BCUT2D eigenvalue weighted by Gasteiger charge is -1.99. The van der Waals surface area contributed by atoms with Gasteiger partial charge in [-0.1, -0.05) is 24.3 Å². The number of hydrogen-bond acceptors (Lipinski definition) is 1. The zero-order chi connectivity index (χ0) is 11.5. The Morgan fingerprint density at radius 3 is 2.47 bits per heavy atom. The smallest absolute Gasteiger partial charge is 0.0672 e. The number of nitrogens with zero attached hydrogens (tertiary/aromatic N) is 2. The van der Waals surface area contributed by atoms with Crippen LogP contribution in [-0.2, 0) is 0 Å². The fourth-order valence-corrected chi connectivity index (χ4v) is 1.80. The molecule has 3 rings (SSSR count). The van der Waals surface area contributed by atoms with Crippen LogP contribution >= 0.6 is 0 Å². The van der Waals surface area contributed by atoms with Crippen molar-refractivity contribution in [1.29, 1.82) is 0 Å². The second-order valence-electron chi connectivity index (χ2n) is 3.87. The van der Waals surface area contributed by atoms with E-state index in [1.807, 2.05) is 60.9 Å². The summed E-state index contributed by atoms with van der Waals surface area (Å²) in [7, 11) is 0. The van der Waals surface area contributed by atoms with Crippen molar-refractivity contribution in [3.8, 4) is 0 Å². The molecular weight excluding hydrogens is 208 g/mol. The highest BCUT2D eigenvalue weighted by molar-refractivity contribution is 5.46. The van der Waals surface area contributed by atoms with Crippen molar-refractivity contribution in [2.45, 2.75) is 0 Å². The predicted molar refractivity (Wildman–Crippen MR) is 69.1 cm³/mol. The second-order valence-corrected chi connectivity index (χ2v) is 3.87. The predicted octanol–water partition coefficient (Wildman–Crippen LogP) is 3.17. The van der Waals surface area contributed by atoms with Gasteiger partial charge >= 0.3 is 0 Å². The van der Waals surface area contributed by atoms with E-state index >= 15 is 0 Å². The number of pyridine rings is 2. The van der Waals surface area contributed by atoms with Gasteiger partial charge in [0.25, 0.3) is 0 Å². The van der Waals surface area contributed by atoms with Gasteiger partial charge in [0, 0.05) is 17.9 Å². The molecule has 0 fully saturated rings. The van der Waals surface area contributed by atoms with Crippen LogP contribution in [0.3, 0.4) is 0 Å². The summed E-state index contributed by atoms with van der Waals surface area (Å²) in [4.78, 5) is 4.58. The number of rotatable bonds is 1. The molecular formula is C15H12N2. The molecule has 2 nitrogen and oxygen atoms in total. The minimum absolute atomic E-state index is 0.974. The number of fused-ring (bicyclic) bond motifs is 1. The van der Waals surface area contributed by atoms with E-state index in [0.29, 0.717) is 0 Å². The fraction of sp³-hybridized carbons (Fsp3) is 0. The summed E-state index contributed by atoms with van der Waals surface area (Å²) >= 11 is 0. The summed E-state index contributed by atoms with van der Waals surface area (Å²) in [6, 6.07) is 20.2. The standard InChI is InChI=1S/C15H12N2/c1-2-6-13(7-3-1)16-14-9-11-17-10-5-4-8-15(17)12-14/h1-12H/b16-14+. The van der Waals surface area contributed by atoms with Crippen LogP contribution in [0.4, 0.5) is 5.69 Å². The molecule has 0 saturated carbocycles. The van der Waals surface area contributed by atoms with E-state index in [1.54, 1.807) is 0 Å². The van der Waals surface area contributed by atoms with Crippen molar-refractivity contribution in [1.82, 2.24) is 4.40 Å². The maximum Gasteiger partial charge on any atom is 0.0672 e. The molecule has 2 heteroatoms. The molecule has 0 aliphatic heterocycles. The summed E-state index contributed by atoms with van der Waals surface area (Å²) < 4.78 is 2.07. The summed E-state index contributed by atoms with van der Waals surface area (Å²) in [5.41, 5.74) is 2.12. The Bertz CT molecular complexity index is 696. The van der Waals surface area contributed by atoms with Crippen LogP contribution < -0.4 is 5.36 Å². The summed E-state index contributed by atoms with van der Waals surface area (Å²) in [5, 5.41) is 0.974. The van der Waals surface area contributed by atoms with E-state index in [-0.39, 0.29) is 0 Å². The molecule has 0 saturated heterocycles. The van der Waals surface area contributed by atoms with Crippen LogP contribution in [0.25, 0.3) is 5.52 Å². The lowest BCUT2D eigenvalue weighted by molar-refractivity contribution is 1.14. The average molecular weight is 220 g/mol. The monoisotopic (exact) mass is 220 g/mol. The van der Waals surface area contributed by atoms with E-state index in [4.69, 9.17) is 0 Å². The van der Waals surface area contributed by atoms with Crippen LogP contribution in [0.2, 0.25) is 0 Å². The molecule has 0 spiro atoms. The molecule has 0 unspecified atom stereocenters. The zero-order valence-electron chi connectivity index (χ0n) is 9.32. The lowest BCUT2D eigenvalue weighted by atomic mass is 10.3. The summed E-state index contributed by atoms with van der Waals surface area (Å²) in [6.45, 7) is 0. The molecule has 82 valence electrons. The van der Waals surface area contributed by atoms with E-state index < -0.39 is 0 Å². The summed E-state index contributed by atoms with van der Waals surface area (Å²) in [6.07, 6.45) is 4.05. The van der Waals surface area contributed by atoms with E-state index in [2.05, 4.69) is 21.5 Å². The first-order chi connectivity index (χ1) is 8.42. The Hall–Kier alpha value is -2.35. The van der Waals surface area contributed by atoms with E-state index in [0.717, 1.165) is 16.6 Å². The highest BCUT2D eigenvalue weighted by Crippen LogP contribution is 2.08. The first kappa shape index (κ1) is 9.85. The summed E-state index contributed by atoms with van der Waals surface area (Å²) in [5.74, 6) is 0. The van der Waals surface area contributed by atoms with Crippen molar-refractivity contribution in [2.75, 3.05) is 0 Å². The molecule has 0 aliphatic carbocycles. The van der Waals surface area contributed by atoms with Crippen LogP contribution in [0, 0.1) is 0 Å². The third kappa shape index (κ3) is 2.11. The molecule has 2 heterocycles. The van der Waals surface area contributed by atoms with Crippen LogP contribution in [0.1, 0.15) is 0 Å². The highest BCUT2D eigenvalue weighted by atomic mass is 14.8. The Labute approximate surface area is 99.5 Å². The van der Waals surface area contributed by atoms with Gasteiger partial charge in [0.1, 0.15) is 0 Å². The molecule has 2 aromatic heterocycles. The van der Waals surface area contributed by atoms with Crippen molar-refractivity contribution >= 4 is 11.2 Å². The lowest BCUT2D eigenvalue weighted by Crippen LogP contribution is -2.01. The zero-order valence-corrected chi connectivity index (χ0v) is 9.32. The SMILES string of the molecule is c1ccc(/N=c2\ccn3ccccc3c2)cc1. The Kier molecular flexibility index (Phi) is 2.47. The first-order valence-electron chi connectivity index (χ1n) is 5.59. The molecule has 0 aliphatic rings. The second kappa shape index (κ2) is 4.26. The Balaban J connectivity index is 2.15. The quantitative estimate of drug-likeness (QED) is 0.599. The number of para-hydroxylation sites is 1. The maximum atomic E-state index is 4.58. The fourth-order valence-electron chi connectivity index (χ4n) is 1.80. The van der Waals surface area contributed by atoms with E-state index in [1.165, 1.54) is 0 Å². The van der Waals surface area contributed by atoms with Gasteiger partial charge in [0.15, 0.2) is 0 Å². The average Bonchev–Trinajstić information content (AvgIpc) is 2.40. The van der Waals surface area contributed by atoms with Gasteiger partial charge in [-0.05, 0) is 36.4 Å². The van der Waals surface area contributed by atoms with Gasteiger partial charge in [0.05, 0.1) is 11.0 Å². The number of hydrogen-bond donors (Lipinski definition) is 0. The van der Waals surface area contributed by atoms with Gasteiger partial charge in [-0.3, -0.25) is 0 Å². The minimum atomic E-state index is 0.974. The molecule has 3 aromatic rings. The van der Waals surface area contributed by atoms with Gasteiger partial charge in [0.2, 0.25) is 0 Å². The maximum absolute atomic E-state index is 4.58. The third-order valence-corrected chi connectivity index (χ3v) is 2.64. The highest BCUT2D eigenvalue weighted by Gasteiger charge is 1.90. The first-order valence-corrected chi connectivity index (χ1v) is 5.59. The Morgan fingerprint density at radius 2 is 1.59 bits per heavy atom. The molecule has 1 aromatic carbocycles. The normalized spacial score (nSPS) is 11.9. The van der Waals surface area contributed by atoms with Crippen molar-refractivity contribution < 1.29 is 0 Å². The van der Waals surface area contributed by atoms with Gasteiger partial charge in [-0.25, -0.2) is 4.99 Å². The molecule has 0 radical (unpaired) electrons. The van der Waals surface area contributed by atoms with Gasteiger partial charge < -0.3 is 4.40 Å². The van der Waals surface area contributed by atoms with Crippen LogP contribution in [0.15, 0.2) is 78.0 Å². The molecule has 17 heavy (non-hydrogen) atoms. The van der Waals surface area contributed by atoms with E-state index in [9.17, 15) is 0 Å².